The highest BCUT2D eigenvalue weighted by molar-refractivity contribution is 6.02. The fourth-order valence-corrected chi connectivity index (χ4v) is 6.22. The summed E-state index contributed by atoms with van der Waals surface area (Å²) in [6, 6.07) is 12.5. The van der Waals surface area contributed by atoms with Gasteiger partial charge in [-0.15, -0.1) is 0 Å². The third-order valence-electron chi connectivity index (χ3n) is 8.59. The minimum atomic E-state index is -0.275. The van der Waals surface area contributed by atoms with E-state index in [1.165, 1.54) is 18.8 Å². The SMILES string of the molecule is C=CC(=O)Nc1cc(Nc2cc(-c3ccc4c(cnn4C)c3)ncn2)c(OC)cc1N1CCN(C2CCC(OC)C2)CC1. The highest BCUT2D eigenvalue weighted by Crippen LogP contribution is 2.39. The second kappa shape index (κ2) is 12.4. The van der Waals surface area contributed by atoms with Gasteiger partial charge in [0.25, 0.3) is 0 Å². The molecule has 4 aromatic rings. The largest absolute Gasteiger partial charge is 0.494 e. The number of benzene rings is 2. The van der Waals surface area contributed by atoms with E-state index in [4.69, 9.17) is 9.47 Å². The van der Waals surface area contributed by atoms with Crippen LogP contribution < -0.4 is 20.3 Å². The van der Waals surface area contributed by atoms with Crippen LogP contribution in [-0.4, -0.2) is 83.1 Å². The smallest absolute Gasteiger partial charge is 0.247 e. The van der Waals surface area contributed by atoms with Crippen LogP contribution in [0.4, 0.5) is 22.9 Å². The topological polar surface area (TPSA) is 110 Å². The van der Waals surface area contributed by atoms with Gasteiger partial charge in [-0.25, -0.2) is 9.97 Å². The van der Waals surface area contributed by atoms with Gasteiger partial charge in [0.05, 0.1) is 47.7 Å². The number of carbonyl (C=O) groups is 1. The number of nitrogens with one attached hydrogen (secondary N) is 2. The Balaban J connectivity index is 1.25. The van der Waals surface area contributed by atoms with Crippen molar-refractivity contribution < 1.29 is 14.3 Å². The third-order valence-corrected chi connectivity index (χ3v) is 8.59. The fourth-order valence-electron chi connectivity index (χ4n) is 6.22. The van der Waals surface area contributed by atoms with E-state index >= 15 is 0 Å². The highest BCUT2D eigenvalue weighted by atomic mass is 16.5. The summed E-state index contributed by atoms with van der Waals surface area (Å²) in [6.45, 7) is 7.24. The maximum Gasteiger partial charge on any atom is 0.247 e. The van der Waals surface area contributed by atoms with Crippen molar-refractivity contribution >= 4 is 39.7 Å². The number of amides is 1. The summed E-state index contributed by atoms with van der Waals surface area (Å²) in [6.07, 6.45) is 8.41. The van der Waals surface area contributed by atoms with Gasteiger partial charge in [-0.2, -0.15) is 5.10 Å². The van der Waals surface area contributed by atoms with Crippen molar-refractivity contribution in [3.63, 3.8) is 0 Å². The van der Waals surface area contributed by atoms with Crippen molar-refractivity contribution in [2.45, 2.75) is 31.4 Å². The molecule has 1 aliphatic carbocycles. The van der Waals surface area contributed by atoms with Gasteiger partial charge in [-0.1, -0.05) is 12.6 Å². The minimum Gasteiger partial charge on any atom is -0.494 e. The molecule has 43 heavy (non-hydrogen) atoms. The molecule has 11 nitrogen and oxygen atoms in total. The predicted octanol–water partition coefficient (Wildman–Crippen LogP) is 4.60. The molecule has 2 fully saturated rings. The van der Waals surface area contributed by atoms with Gasteiger partial charge < -0.3 is 25.0 Å². The molecule has 2 aromatic carbocycles. The number of aromatic nitrogens is 4. The summed E-state index contributed by atoms with van der Waals surface area (Å²) in [7, 11) is 5.38. The molecule has 2 aliphatic rings. The van der Waals surface area contributed by atoms with E-state index in [-0.39, 0.29) is 5.91 Å². The Kier molecular flexibility index (Phi) is 8.26. The van der Waals surface area contributed by atoms with Crippen LogP contribution in [0.2, 0.25) is 0 Å². The molecule has 3 heterocycles. The summed E-state index contributed by atoms with van der Waals surface area (Å²) < 4.78 is 13.3. The number of methoxy groups -OCH3 is 2. The summed E-state index contributed by atoms with van der Waals surface area (Å²) in [4.78, 5) is 26.3. The lowest BCUT2D eigenvalue weighted by Gasteiger charge is -2.40. The Morgan fingerprint density at radius 3 is 2.63 bits per heavy atom. The number of carbonyl (C=O) groups excluding carboxylic acids is 1. The van der Waals surface area contributed by atoms with E-state index in [1.807, 2.05) is 55.4 Å². The van der Waals surface area contributed by atoms with E-state index in [0.29, 0.717) is 35.1 Å². The Morgan fingerprint density at radius 2 is 1.88 bits per heavy atom. The highest BCUT2D eigenvalue weighted by Gasteiger charge is 2.32. The van der Waals surface area contributed by atoms with Gasteiger partial charge in [0.1, 0.15) is 17.9 Å². The van der Waals surface area contributed by atoms with Crippen molar-refractivity contribution in [1.29, 1.82) is 0 Å². The zero-order chi connectivity index (χ0) is 29.9. The Bertz CT molecular complexity index is 1630. The number of ether oxygens (including phenoxy) is 2. The number of rotatable bonds is 9. The van der Waals surface area contributed by atoms with Gasteiger partial charge in [-0.05, 0) is 43.5 Å². The molecule has 1 saturated carbocycles. The van der Waals surface area contributed by atoms with E-state index in [1.54, 1.807) is 7.11 Å². The van der Waals surface area contributed by atoms with Gasteiger partial charge in [0.2, 0.25) is 5.91 Å². The number of hydrogen-bond donors (Lipinski definition) is 2. The lowest BCUT2D eigenvalue weighted by molar-refractivity contribution is -0.111. The van der Waals surface area contributed by atoms with Gasteiger partial charge in [0, 0.05) is 69.5 Å². The summed E-state index contributed by atoms with van der Waals surface area (Å²) in [5.41, 5.74) is 5.05. The van der Waals surface area contributed by atoms with Crippen LogP contribution in [0.3, 0.4) is 0 Å². The first-order chi connectivity index (χ1) is 20.9. The predicted molar refractivity (Wildman–Crippen MR) is 169 cm³/mol. The van der Waals surface area contributed by atoms with Crippen molar-refractivity contribution in [2.75, 3.05) is 55.9 Å². The number of aryl methyl sites for hydroxylation is 1. The Labute approximate surface area is 251 Å². The first-order valence-electron chi connectivity index (χ1n) is 14.6. The standard InChI is InChI=1S/C32H38N8O3/c1-5-32(41)37-26-16-27(36-31-17-25(33-20-34-31)21-6-9-28-22(14-21)19-35-38(28)2)30(43-4)18-29(26)40-12-10-39(11-13-40)23-7-8-24(15-23)42-3/h5-6,9,14,16-20,23-24H,1,7-8,10-13,15H2,2-4H3,(H,37,41)(H,33,34,36). The lowest BCUT2D eigenvalue weighted by atomic mass is 10.1. The average molecular weight is 583 g/mol. The molecule has 224 valence electrons. The average Bonchev–Trinajstić information content (AvgIpc) is 3.68. The van der Waals surface area contributed by atoms with Crippen molar-refractivity contribution in [1.82, 2.24) is 24.6 Å². The number of nitrogens with zero attached hydrogens (tertiary/aromatic N) is 6. The number of fused-ring (bicyclic) bond motifs is 1. The Morgan fingerprint density at radius 1 is 1.05 bits per heavy atom. The van der Waals surface area contributed by atoms with Gasteiger partial charge in [-0.3, -0.25) is 14.4 Å². The number of anilines is 4. The zero-order valence-electron chi connectivity index (χ0n) is 24.9. The van der Waals surface area contributed by atoms with E-state index < -0.39 is 0 Å². The second-order valence-corrected chi connectivity index (χ2v) is 11.1. The van der Waals surface area contributed by atoms with Crippen molar-refractivity contribution in [2.24, 2.45) is 7.05 Å². The molecule has 11 heteroatoms. The van der Waals surface area contributed by atoms with Crippen LogP contribution in [0.25, 0.3) is 22.2 Å². The van der Waals surface area contributed by atoms with Gasteiger partial charge >= 0.3 is 0 Å². The summed E-state index contributed by atoms with van der Waals surface area (Å²) >= 11 is 0. The number of piperazine rings is 1. The normalized spacial score (nSPS) is 19.0. The monoisotopic (exact) mass is 582 g/mol. The summed E-state index contributed by atoms with van der Waals surface area (Å²) in [5, 5.41) is 11.8. The zero-order valence-corrected chi connectivity index (χ0v) is 24.9. The Hall–Kier alpha value is -4.48. The molecule has 6 rings (SSSR count). The van der Waals surface area contributed by atoms with Crippen LogP contribution in [0, 0.1) is 0 Å². The van der Waals surface area contributed by atoms with Crippen LogP contribution in [-0.2, 0) is 16.6 Å². The summed E-state index contributed by atoms with van der Waals surface area (Å²) in [5.74, 6) is 0.968. The fraction of sp³-hybridized carbons (Fsp3) is 0.375. The maximum atomic E-state index is 12.5. The molecule has 1 amide bonds. The molecule has 2 aromatic heterocycles. The molecular formula is C32H38N8O3. The molecule has 0 spiro atoms. The van der Waals surface area contributed by atoms with E-state index in [9.17, 15) is 4.79 Å². The lowest BCUT2D eigenvalue weighted by Crippen LogP contribution is -2.50. The molecule has 2 N–H and O–H groups in total. The maximum absolute atomic E-state index is 12.5. The molecular weight excluding hydrogens is 544 g/mol. The first-order valence-corrected chi connectivity index (χ1v) is 14.6. The molecule has 0 bridgehead atoms. The molecule has 2 atom stereocenters. The first kappa shape index (κ1) is 28.6. The molecule has 2 unspecified atom stereocenters. The minimum absolute atomic E-state index is 0.275. The van der Waals surface area contributed by atoms with Crippen LogP contribution in [0.15, 0.2) is 61.6 Å². The molecule has 0 radical (unpaired) electrons. The second-order valence-electron chi connectivity index (χ2n) is 11.1. The van der Waals surface area contributed by atoms with Crippen LogP contribution >= 0.6 is 0 Å². The molecule has 1 saturated heterocycles. The van der Waals surface area contributed by atoms with E-state index in [2.05, 4.69) is 48.1 Å². The molecule has 1 aliphatic heterocycles. The van der Waals surface area contributed by atoms with Gasteiger partial charge in [0.15, 0.2) is 0 Å². The van der Waals surface area contributed by atoms with E-state index in [0.717, 1.165) is 66.9 Å². The van der Waals surface area contributed by atoms with Crippen molar-refractivity contribution in [3.05, 3.63) is 61.6 Å². The number of hydrogen-bond acceptors (Lipinski definition) is 9. The van der Waals surface area contributed by atoms with Crippen LogP contribution in [0.1, 0.15) is 19.3 Å². The van der Waals surface area contributed by atoms with Crippen molar-refractivity contribution in [3.8, 4) is 17.0 Å². The quantitative estimate of drug-likeness (QED) is 0.274. The van der Waals surface area contributed by atoms with Crippen LogP contribution in [0.5, 0.6) is 5.75 Å². The third kappa shape index (κ3) is 6.04.